The molecule has 12 heavy (non-hydrogen) atoms. The van der Waals surface area contributed by atoms with Crippen molar-refractivity contribution in [3.05, 3.63) is 0 Å². The van der Waals surface area contributed by atoms with Gasteiger partial charge in [-0.2, -0.15) is 0 Å². The maximum atomic E-state index is 11.2. The highest BCUT2D eigenvalue weighted by atomic mass is 33.1. The van der Waals surface area contributed by atoms with Crippen LogP contribution in [0.25, 0.3) is 0 Å². The van der Waals surface area contributed by atoms with Crippen LogP contribution in [0, 0.1) is 0 Å². The number of hydrogen-bond acceptors (Lipinski definition) is 4. The Morgan fingerprint density at radius 3 is 2.75 bits per heavy atom. The van der Waals surface area contributed by atoms with Crippen molar-refractivity contribution in [2.45, 2.75) is 6.42 Å². The fourth-order valence-electron chi connectivity index (χ4n) is 1.29. The Balaban J connectivity index is 2.40. The van der Waals surface area contributed by atoms with E-state index in [1.807, 2.05) is 4.90 Å². The van der Waals surface area contributed by atoms with E-state index in [9.17, 15) is 4.79 Å². The van der Waals surface area contributed by atoms with Gasteiger partial charge in [0.2, 0.25) is 0 Å². The molecule has 0 radical (unpaired) electrons. The fraction of sp³-hybridized carbons (Fsp3) is 0.857. The van der Waals surface area contributed by atoms with E-state index in [4.69, 9.17) is 0 Å². The van der Waals surface area contributed by atoms with Gasteiger partial charge in [-0.1, -0.05) is 0 Å². The molecule has 0 atom stereocenters. The Labute approximate surface area is 82.3 Å². The molecule has 1 rings (SSSR count). The molecule has 1 saturated heterocycles. The second-order valence-electron chi connectivity index (χ2n) is 3.00. The van der Waals surface area contributed by atoms with Gasteiger partial charge in [-0.25, -0.2) is 0 Å². The number of rotatable bonds is 0. The van der Waals surface area contributed by atoms with Crippen molar-refractivity contribution in [1.82, 2.24) is 9.80 Å². The van der Waals surface area contributed by atoms with Crippen molar-refractivity contribution in [3.8, 4) is 0 Å². The number of nitrogens with zero attached hydrogens (tertiary/aromatic N) is 2. The minimum Gasteiger partial charge on any atom is -0.332 e. The van der Waals surface area contributed by atoms with Crippen LogP contribution in [-0.2, 0) is 0 Å². The van der Waals surface area contributed by atoms with E-state index in [-0.39, 0.29) is 5.24 Å². The normalized spacial score (nSPS) is 20.7. The van der Waals surface area contributed by atoms with Crippen LogP contribution in [0.4, 0.5) is 4.79 Å². The molecule has 1 amide bonds. The first kappa shape index (κ1) is 10.2. The van der Waals surface area contributed by atoms with Crippen LogP contribution < -0.4 is 0 Å². The van der Waals surface area contributed by atoms with Gasteiger partial charge in [0.15, 0.2) is 0 Å². The van der Waals surface area contributed by atoms with Gasteiger partial charge in [-0.3, -0.25) is 4.79 Å². The van der Waals surface area contributed by atoms with Crippen LogP contribution in [0.2, 0.25) is 0 Å². The van der Waals surface area contributed by atoms with Gasteiger partial charge in [0, 0.05) is 30.4 Å². The number of likely N-dealkylation sites (N-methyl/N-ethyl adjacent to an activating group) is 1. The van der Waals surface area contributed by atoms with Gasteiger partial charge >= 0.3 is 0 Å². The van der Waals surface area contributed by atoms with Gasteiger partial charge in [-0.05, 0) is 20.0 Å². The highest BCUT2D eigenvalue weighted by Gasteiger charge is 2.16. The second kappa shape index (κ2) is 4.99. The zero-order valence-electron chi connectivity index (χ0n) is 7.19. The van der Waals surface area contributed by atoms with E-state index in [0.29, 0.717) is 0 Å². The lowest BCUT2D eigenvalue weighted by atomic mass is 10.4. The number of carbonyl (C=O) groups is 1. The molecule has 1 fully saturated rings. The summed E-state index contributed by atoms with van der Waals surface area (Å²) >= 11 is 3.90. The lowest BCUT2D eigenvalue weighted by Gasteiger charge is -2.18. The molecule has 0 saturated carbocycles. The molecule has 0 aromatic heterocycles. The van der Waals surface area contributed by atoms with E-state index < -0.39 is 0 Å². The van der Waals surface area contributed by atoms with Crippen molar-refractivity contribution in [2.24, 2.45) is 0 Å². The van der Waals surface area contributed by atoms with Crippen molar-refractivity contribution in [2.75, 3.05) is 33.2 Å². The van der Waals surface area contributed by atoms with Crippen molar-refractivity contribution >= 4 is 27.7 Å². The van der Waals surface area contributed by atoms with Crippen molar-refractivity contribution in [1.29, 1.82) is 0 Å². The highest BCUT2D eigenvalue weighted by Crippen LogP contribution is 2.14. The predicted octanol–water partition coefficient (Wildman–Crippen LogP) is 1.32. The topological polar surface area (TPSA) is 23.6 Å². The third-order valence-corrected chi connectivity index (χ3v) is 2.94. The molecule has 0 spiro atoms. The van der Waals surface area contributed by atoms with Crippen LogP contribution in [0.3, 0.4) is 0 Å². The molecule has 1 aliphatic heterocycles. The standard InChI is InChI=1S/C7H14N2OS2/c1-8-3-2-4-9(6-5-8)7(10)12-11/h11H,2-6H2,1H3. The Morgan fingerprint density at radius 2 is 2.08 bits per heavy atom. The van der Waals surface area contributed by atoms with E-state index in [0.717, 1.165) is 43.4 Å². The van der Waals surface area contributed by atoms with Crippen molar-refractivity contribution in [3.63, 3.8) is 0 Å². The Bertz CT molecular complexity index is 165. The average Bonchev–Trinajstić information content (AvgIpc) is 2.29. The SMILES string of the molecule is CN1CCCN(C(=O)SS)CC1. The summed E-state index contributed by atoms with van der Waals surface area (Å²) in [6.07, 6.45) is 1.07. The molecular weight excluding hydrogens is 192 g/mol. The maximum Gasteiger partial charge on any atom is 0.292 e. The quantitative estimate of drug-likeness (QED) is 0.478. The molecule has 0 aromatic rings. The first-order valence-electron chi connectivity index (χ1n) is 4.03. The molecule has 0 aromatic carbocycles. The summed E-state index contributed by atoms with van der Waals surface area (Å²) < 4.78 is 0. The predicted molar refractivity (Wildman–Crippen MR) is 55.7 cm³/mol. The summed E-state index contributed by atoms with van der Waals surface area (Å²) in [5.74, 6) is 0. The third kappa shape index (κ3) is 2.88. The van der Waals surface area contributed by atoms with Gasteiger partial charge < -0.3 is 9.80 Å². The van der Waals surface area contributed by atoms with E-state index in [1.54, 1.807) is 0 Å². The second-order valence-corrected chi connectivity index (χ2v) is 4.08. The van der Waals surface area contributed by atoms with Gasteiger partial charge in [0.05, 0.1) is 0 Å². The maximum absolute atomic E-state index is 11.2. The summed E-state index contributed by atoms with van der Waals surface area (Å²) in [5, 5.41) is 0.0774. The number of hydrogen-bond donors (Lipinski definition) is 1. The summed E-state index contributed by atoms with van der Waals surface area (Å²) in [5.41, 5.74) is 0. The average molecular weight is 206 g/mol. The molecule has 70 valence electrons. The van der Waals surface area contributed by atoms with E-state index >= 15 is 0 Å². The van der Waals surface area contributed by atoms with E-state index in [2.05, 4.69) is 23.6 Å². The van der Waals surface area contributed by atoms with E-state index in [1.165, 1.54) is 0 Å². The van der Waals surface area contributed by atoms with Crippen LogP contribution in [0.15, 0.2) is 0 Å². The molecule has 1 aliphatic rings. The van der Waals surface area contributed by atoms with Crippen LogP contribution in [-0.4, -0.2) is 48.3 Å². The molecule has 0 aliphatic carbocycles. The lowest BCUT2D eigenvalue weighted by Crippen LogP contribution is -2.31. The third-order valence-electron chi connectivity index (χ3n) is 2.06. The monoisotopic (exact) mass is 206 g/mol. The Hall–Kier alpha value is 0.130. The number of amides is 1. The first-order valence-corrected chi connectivity index (χ1v) is 5.90. The molecule has 0 N–H and O–H groups in total. The summed E-state index contributed by atoms with van der Waals surface area (Å²) in [6, 6.07) is 0. The smallest absolute Gasteiger partial charge is 0.292 e. The zero-order chi connectivity index (χ0) is 8.97. The molecule has 5 heteroatoms. The molecule has 0 unspecified atom stereocenters. The molecular formula is C7H14N2OS2. The van der Waals surface area contributed by atoms with Crippen LogP contribution in [0.5, 0.6) is 0 Å². The van der Waals surface area contributed by atoms with Crippen molar-refractivity contribution < 1.29 is 4.79 Å². The lowest BCUT2D eigenvalue weighted by molar-refractivity contribution is 0.225. The number of carbonyl (C=O) groups excluding carboxylic acids is 1. The van der Waals surface area contributed by atoms with Gasteiger partial charge in [0.1, 0.15) is 0 Å². The fourth-order valence-corrected chi connectivity index (χ4v) is 1.93. The van der Waals surface area contributed by atoms with Gasteiger partial charge in [-0.15, -0.1) is 11.7 Å². The molecule has 0 bridgehead atoms. The highest BCUT2D eigenvalue weighted by molar-refractivity contribution is 8.74. The first-order chi connectivity index (χ1) is 5.74. The van der Waals surface area contributed by atoms with Crippen LogP contribution in [0.1, 0.15) is 6.42 Å². The summed E-state index contributed by atoms with van der Waals surface area (Å²) in [4.78, 5) is 15.3. The largest absolute Gasteiger partial charge is 0.332 e. The molecule has 3 nitrogen and oxygen atoms in total. The minimum atomic E-state index is 0.0774. The molecule has 1 heterocycles. The summed E-state index contributed by atoms with van der Waals surface area (Å²) in [6.45, 7) is 3.76. The summed E-state index contributed by atoms with van der Waals surface area (Å²) in [7, 11) is 3.09. The van der Waals surface area contributed by atoms with Crippen LogP contribution >= 0.6 is 22.5 Å². The Morgan fingerprint density at radius 1 is 1.33 bits per heavy atom. The number of thiol groups is 1. The zero-order valence-corrected chi connectivity index (χ0v) is 8.90. The minimum absolute atomic E-state index is 0.0774. The Kier molecular flexibility index (Phi) is 4.25. The van der Waals surface area contributed by atoms with Gasteiger partial charge in [0.25, 0.3) is 5.24 Å².